The number of rotatable bonds is 8. The number of amides is 2. The molecule has 0 bridgehead atoms. The zero-order chi connectivity index (χ0) is 21.3. The highest BCUT2D eigenvalue weighted by atomic mass is 16.5. The smallest absolute Gasteiger partial charge is 0.255 e. The molecule has 3 rings (SSSR count). The Morgan fingerprint density at radius 2 is 1.87 bits per heavy atom. The summed E-state index contributed by atoms with van der Waals surface area (Å²) in [4.78, 5) is 29.4. The van der Waals surface area contributed by atoms with E-state index >= 15 is 0 Å². The Morgan fingerprint density at radius 3 is 2.63 bits per heavy atom. The van der Waals surface area contributed by atoms with Crippen molar-refractivity contribution in [2.45, 2.75) is 13.5 Å². The number of para-hydroxylation sites is 1. The Morgan fingerprint density at radius 1 is 1.03 bits per heavy atom. The molecule has 1 heterocycles. The second-order valence-electron chi connectivity index (χ2n) is 6.82. The lowest BCUT2D eigenvalue weighted by Gasteiger charge is -2.12. The molecule has 6 heteroatoms. The highest BCUT2D eigenvalue weighted by Crippen LogP contribution is 2.19. The third-order valence-corrected chi connectivity index (χ3v) is 4.18. The number of carbonyl (C=O) groups is 2. The van der Waals surface area contributed by atoms with Crippen LogP contribution in [0.3, 0.4) is 0 Å². The lowest BCUT2D eigenvalue weighted by Crippen LogP contribution is -2.25. The molecular weight excluding hydrogens is 378 g/mol. The van der Waals surface area contributed by atoms with Crippen LogP contribution in [0.4, 0.5) is 5.69 Å². The summed E-state index contributed by atoms with van der Waals surface area (Å²) in [5.74, 6) is -0.0373. The van der Waals surface area contributed by atoms with Gasteiger partial charge in [-0.2, -0.15) is 0 Å². The minimum atomic E-state index is -0.330. The Hall–Kier alpha value is -3.93. The second-order valence-corrected chi connectivity index (χ2v) is 6.82. The molecule has 0 unspecified atom stereocenters. The monoisotopic (exact) mass is 401 g/mol. The molecule has 0 atom stereocenters. The molecule has 3 aromatic rings. The van der Waals surface area contributed by atoms with Crippen molar-refractivity contribution >= 4 is 17.5 Å². The quantitative estimate of drug-likeness (QED) is 0.554. The van der Waals surface area contributed by atoms with Gasteiger partial charge in [-0.25, -0.2) is 0 Å². The highest BCUT2D eigenvalue weighted by Gasteiger charge is 2.14. The minimum Gasteiger partial charge on any atom is -0.489 e. The molecule has 0 spiro atoms. The van der Waals surface area contributed by atoms with Crippen LogP contribution in [0.25, 0.3) is 0 Å². The number of aromatic nitrogens is 1. The van der Waals surface area contributed by atoms with Crippen molar-refractivity contribution in [1.82, 2.24) is 10.3 Å². The molecule has 2 amide bonds. The standard InChI is InChI=1S/C24H23N3O3/c1-17(2)16-30-20-9-5-8-19(13-20)23(28)27-22-11-4-3-10-21(22)24(29)26-15-18-7-6-12-25-14-18/h3-14H,1,15-16H2,2H3,(H,26,29)(H,27,28). The van der Waals surface area contributed by atoms with Crippen molar-refractivity contribution in [3.05, 3.63) is 102 Å². The zero-order valence-corrected chi connectivity index (χ0v) is 16.7. The normalized spacial score (nSPS) is 10.2. The van der Waals surface area contributed by atoms with Crippen LogP contribution in [0.5, 0.6) is 5.75 Å². The molecule has 0 aliphatic carbocycles. The largest absolute Gasteiger partial charge is 0.489 e. The minimum absolute atomic E-state index is 0.284. The molecule has 2 aromatic carbocycles. The van der Waals surface area contributed by atoms with E-state index in [9.17, 15) is 9.59 Å². The van der Waals surface area contributed by atoms with Gasteiger partial charge in [0.05, 0.1) is 11.3 Å². The van der Waals surface area contributed by atoms with Gasteiger partial charge in [-0.05, 0) is 54.5 Å². The van der Waals surface area contributed by atoms with E-state index in [1.807, 2.05) is 19.1 Å². The Kier molecular flexibility index (Phi) is 6.95. The topological polar surface area (TPSA) is 80.3 Å². The first kappa shape index (κ1) is 20.8. The van der Waals surface area contributed by atoms with E-state index in [1.165, 1.54) is 0 Å². The fourth-order valence-electron chi connectivity index (χ4n) is 2.70. The van der Waals surface area contributed by atoms with E-state index in [-0.39, 0.29) is 11.8 Å². The predicted molar refractivity (Wildman–Crippen MR) is 117 cm³/mol. The van der Waals surface area contributed by atoms with Gasteiger partial charge in [-0.1, -0.05) is 30.8 Å². The van der Waals surface area contributed by atoms with Crippen molar-refractivity contribution in [3.8, 4) is 5.75 Å². The van der Waals surface area contributed by atoms with Crippen molar-refractivity contribution in [3.63, 3.8) is 0 Å². The van der Waals surface area contributed by atoms with Gasteiger partial charge in [0.25, 0.3) is 11.8 Å². The first-order chi connectivity index (χ1) is 14.5. The lowest BCUT2D eigenvalue weighted by atomic mass is 10.1. The maximum Gasteiger partial charge on any atom is 0.255 e. The van der Waals surface area contributed by atoms with Crippen LogP contribution < -0.4 is 15.4 Å². The second kappa shape index (κ2) is 10.0. The maximum atomic E-state index is 12.7. The average molecular weight is 401 g/mol. The van der Waals surface area contributed by atoms with Gasteiger partial charge < -0.3 is 15.4 Å². The van der Waals surface area contributed by atoms with Gasteiger partial charge >= 0.3 is 0 Å². The first-order valence-electron chi connectivity index (χ1n) is 9.47. The molecule has 6 nitrogen and oxygen atoms in total. The molecule has 0 aliphatic heterocycles. The fraction of sp³-hybridized carbons (Fsp3) is 0.125. The van der Waals surface area contributed by atoms with Crippen LogP contribution in [0.2, 0.25) is 0 Å². The molecule has 0 saturated heterocycles. The molecule has 0 aliphatic rings. The van der Waals surface area contributed by atoms with Crippen LogP contribution in [0, 0.1) is 0 Å². The molecule has 152 valence electrons. The Bertz CT molecular complexity index is 1050. The number of hydrogen-bond donors (Lipinski definition) is 2. The molecule has 0 radical (unpaired) electrons. The van der Waals surface area contributed by atoms with E-state index in [0.29, 0.717) is 35.7 Å². The van der Waals surface area contributed by atoms with E-state index in [4.69, 9.17) is 4.74 Å². The third kappa shape index (κ3) is 5.78. The highest BCUT2D eigenvalue weighted by molar-refractivity contribution is 6.09. The number of carbonyl (C=O) groups excluding carboxylic acids is 2. The summed E-state index contributed by atoms with van der Waals surface area (Å²) >= 11 is 0. The number of benzene rings is 2. The third-order valence-electron chi connectivity index (χ3n) is 4.18. The van der Waals surface area contributed by atoms with E-state index in [2.05, 4.69) is 22.2 Å². The summed E-state index contributed by atoms with van der Waals surface area (Å²) in [6.45, 7) is 6.39. The van der Waals surface area contributed by atoms with E-state index in [0.717, 1.165) is 11.1 Å². The summed E-state index contributed by atoms with van der Waals surface area (Å²) in [5, 5.41) is 5.66. The van der Waals surface area contributed by atoms with Crippen LogP contribution in [-0.4, -0.2) is 23.4 Å². The molecule has 1 aromatic heterocycles. The van der Waals surface area contributed by atoms with Gasteiger partial charge in [0, 0.05) is 24.5 Å². The number of nitrogens with zero attached hydrogens (tertiary/aromatic N) is 1. The van der Waals surface area contributed by atoms with Gasteiger partial charge in [0.15, 0.2) is 0 Å². The fourth-order valence-corrected chi connectivity index (χ4v) is 2.70. The molecular formula is C24H23N3O3. The van der Waals surface area contributed by atoms with Crippen LogP contribution in [0.1, 0.15) is 33.2 Å². The summed E-state index contributed by atoms with van der Waals surface area (Å²) in [6.07, 6.45) is 3.37. The van der Waals surface area contributed by atoms with Crippen molar-refractivity contribution in [2.75, 3.05) is 11.9 Å². The SMILES string of the molecule is C=C(C)COc1cccc(C(=O)Nc2ccccc2C(=O)NCc2cccnc2)c1. The van der Waals surface area contributed by atoms with Crippen LogP contribution in [-0.2, 0) is 6.54 Å². The number of hydrogen-bond acceptors (Lipinski definition) is 4. The molecule has 2 N–H and O–H groups in total. The van der Waals surface area contributed by atoms with Crippen molar-refractivity contribution in [2.24, 2.45) is 0 Å². The predicted octanol–water partition coefficient (Wildman–Crippen LogP) is 4.22. The number of ether oxygens (including phenoxy) is 1. The molecule has 30 heavy (non-hydrogen) atoms. The van der Waals surface area contributed by atoms with Gasteiger partial charge in [-0.15, -0.1) is 0 Å². The number of pyridine rings is 1. The van der Waals surface area contributed by atoms with E-state index < -0.39 is 0 Å². The number of nitrogens with one attached hydrogen (secondary N) is 2. The lowest BCUT2D eigenvalue weighted by molar-refractivity contribution is 0.0951. The van der Waals surface area contributed by atoms with Crippen molar-refractivity contribution < 1.29 is 14.3 Å². The van der Waals surface area contributed by atoms with Crippen LogP contribution >= 0.6 is 0 Å². The maximum absolute atomic E-state index is 12.7. The summed E-state index contributed by atoms with van der Waals surface area (Å²) in [6, 6.07) is 17.4. The summed E-state index contributed by atoms with van der Waals surface area (Å²) in [5.41, 5.74) is 3.01. The first-order valence-corrected chi connectivity index (χ1v) is 9.47. The van der Waals surface area contributed by atoms with Gasteiger partial charge in [0.1, 0.15) is 12.4 Å². The van der Waals surface area contributed by atoms with Crippen molar-refractivity contribution in [1.29, 1.82) is 0 Å². The molecule has 0 saturated carbocycles. The number of anilines is 1. The van der Waals surface area contributed by atoms with E-state index in [1.54, 1.807) is 60.9 Å². The van der Waals surface area contributed by atoms with Gasteiger partial charge in [0.2, 0.25) is 0 Å². The zero-order valence-electron chi connectivity index (χ0n) is 16.7. The molecule has 0 fully saturated rings. The average Bonchev–Trinajstić information content (AvgIpc) is 2.77. The van der Waals surface area contributed by atoms with Gasteiger partial charge in [-0.3, -0.25) is 14.6 Å². The summed E-state index contributed by atoms with van der Waals surface area (Å²) < 4.78 is 5.60. The Balaban J connectivity index is 1.69. The van der Waals surface area contributed by atoms with Crippen LogP contribution in [0.15, 0.2) is 85.2 Å². The summed E-state index contributed by atoms with van der Waals surface area (Å²) in [7, 11) is 0. The Labute approximate surface area is 175 Å².